The lowest BCUT2D eigenvalue weighted by molar-refractivity contribution is -0.143. The molecule has 134 valence electrons. The molecule has 0 radical (unpaired) electrons. The molecule has 26 heavy (non-hydrogen) atoms. The Bertz CT molecular complexity index is 735. The quantitative estimate of drug-likeness (QED) is 0.442. The highest BCUT2D eigenvalue weighted by molar-refractivity contribution is 5.99. The Morgan fingerprint density at radius 2 is 1.12 bits per heavy atom. The summed E-state index contributed by atoms with van der Waals surface area (Å²) < 4.78 is 10.00. The molecule has 1 rings (SSSR count). The minimum Gasteiger partial charge on any atom is -0.459 e. The summed E-state index contributed by atoms with van der Waals surface area (Å²) in [7, 11) is 0. The van der Waals surface area contributed by atoms with Gasteiger partial charge in [-0.25, -0.2) is 9.59 Å². The predicted octanol–water partition coefficient (Wildman–Crippen LogP) is 3.40. The topological polar surface area (TPSA) is 100 Å². The summed E-state index contributed by atoms with van der Waals surface area (Å²) in [6.45, 7) is 6.80. The SMILES string of the molecule is CC(C)OC(=O)/C(C#N)=C/c1ccc(/C=C(\C#N)C(=O)OC(C)C)cc1. The van der Waals surface area contributed by atoms with Crippen LogP contribution < -0.4 is 0 Å². The van der Waals surface area contributed by atoms with E-state index in [1.54, 1.807) is 52.0 Å². The lowest BCUT2D eigenvalue weighted by Gasteiger charge is -2.07. The van der Waals surface area contributed by atoms with Gasteiger partial charge in [0.1, 0.15) is 23.3 Å². The van der Waals surface area contributed by atoms with Crippen molar-refractivity contribution < 1.29 is 19.1 Å². The summed E-state index contributed by atoms with van der Waals surface area (Å²) in [4.78, 5) is 23.6. The summed E-state index contributed by atoms with van der Waals surface area (Å²) >= 11 is 0. The van der Waals surface area contributed by atoms with Crippen molar-refractivity contribution in [3.63, 3.8) is 0 Å². The molecule has 0 saturated carbocycles. The smallest absolute Gasteiger partial charge is 0.349 e. The average molecular weight is 352 g/mol. The Morgan fingerprint density at radius 1 is 0.808 bits per heavy atom. The number of benzene rings is 1. The predicted molar refractivity (Wildman–Crippen MR) is 96.1 cm³/mol. The van der Waals surface area contributed by atoms with Gasteiger partial charge >= 0.3 is 11.9 Å². The van der Waals surface area contributed by atoms with E-state index < -0.39 is 11.9 Å². The molecule has 0 aliphatic rings. The van der Waals surface area contributed by atoms with Crippen LogP contribution in [0.4, 0.5) is 0 Å². The minimum atomic E-state index is -0.685. The van der Waals surface area contributed by atoms with Gasteiger partial charge < -0.3 is 9.47 Å². The number of rotatable bonds is 6. The van der Waals surface area contributed by atoms with E-state index >= 15 is 0 Å². The first-order valence-electron chi connectivity index (χ1n) is 8.02. The van der Waals surface area contributed by atoms with E-state index in [1.807, 2.05) is 12.1 Å². The lowest BCUT2D eigenvalue weighted by atomic mass is 10.1. The molecule has 0 saturated heterocycles. The van der Waals surface area contributed by atoms with Crippen LogP contribution in [0, 0.1) is 22.7 Å². The first-order chi connectivity index (χ1) is 12.3. The van der Waals surface area contributed by atoms with Crippen molar-refractivity contribution >= 4 is 24.1 Å². The Hall–Kier alpha value is -3.38. The number of ether oxygens (including phenoxy) is 2. The maximum atomic E-state index is 11.8. The molecule has 0 N–H and O–H groups in total. The molecular weight excluding hydrogens is 332 g/mol. The molecule has 1 aromatic rings. The summed E-state index contributed by atoms with van der Waals surface area (Å²) in [6.07, 6.45) is 2.19. The Kier molecular flexibility index (Phi) is 7.79. The maximum Gasteiger partial charge on any atom is 0.349 e. The van der Waals surface area contributed by atoms with E-state index in [0.717, 1.165) is 0 Å². The molecule has 0 fully saturated rings. The molecule has 0 spiro atoms. The van der Waals surface area contributed by atoms with Gasteiger partial charge in [-0.05, 0) is 51.0 Å². The summed E-state index contributed by atoms with van der Waals surface area (Å²) in [5.74, 6) is -1.37. The van der Waals surface area contributed by atoms with Gasteiger partial charge in [0.2, 0.25) is 0 Å². The second-order valence-electron chi connectivity index (χ2n) is 5.91. The molecule has 0 aromatic heterocycles. The monoisotopic (exact) mass is 352 g/mol. The zero-order valence-corrected chi connectivity index (χ0v) is 15.1. The summed E-state index contributed by atoms with van der Waals surface area (Å²) in [6, 6.07) is 10.3. The Morgan fingerprint density at radius 3 is 1.35 bits per heavy atom. The average Bonchev–Trinajstić information content (AvgIpc) is 2.57. The van der Waals surface area contributed by atoms with Crippen LogP contribution in [0.1, 0.15) is 38.8 Å². The third-order valence-electron chi connectivity index (χ3n) is 2.92. The molecule has 0 aliphatic carbocycles. The fourth-order valence-corrected chi connectivity index (χ4v) is 1.85. The molecule has 0 unspecified atom stereocenters. The van der Waals surface area contributed by atoms with E-state index in [0.29, 0.717) is 11.1 Å². The highest BCUT2D eigenvalue weighted by Gasteiger charge is 2.13. The van der Waals surface area contributed by atoms with Gasteiger partial charge in [0.25, 0.3) is 0 Å². The van der Waals surface area contributed by atoms with Crippen LogP contribution >= 0.6 is 0 Å². The third kappa shape index (κ3) is 6.62. The number of carbonyl (C=O) groups excluding carboxylic acids is 2. The Labute approximate surface area is 152 Å². The number of nitrogens with zero attached hydrogens (tertiary/aromatic N) is 2. The van der Waals surface area contributed by atoms with Gasteiger partial charge in [0.15, 0.2) is 0 Å². The van der Waals surface area contributed by atoms with Crippen molar-refractivity contribution in [2.24, 2.45) is 0 Å². The van der Waals surface area contributed by atoms with E-state index in [9.17, 15) is 9.59 Å². The van der Waals surface area contributed by atoms with Gasteiger partial charge in [0.05, 0.1) is 12.2 Å². The van der Waals surface area contributed by atoms with Crippen molar-refractivity contribution in [2.75, 3.05) is 0 Å². The highest BCUT2D eigenvalue weighted by Crippen LogP contribution is 2.14. The zero-order valence-electron chi connectivity index (χ0n) is 15.1. The molecule has 6 nitrogen and oxygen atoms in total. The van der Waals surface area contributed by atoms with Gasteiger partial charge in [-0.3, -0.25) is 0 Å². The first kappa shape index (κ1) is 20.7. The molecular formula is C20H20N2O4. The zero-order chi connectivity index (χ0) is 19.7. The van der Waals surface area contributed by atoms with E-state index in [4.69, 9.17) is 20.0 Å². The second-order valence-corrected chi connectivity index (χ2v) is 5.91. The first-order valence-corrected chi connectivity index (χ1v) is 8.02. The van der Waals surface area contributed by atoms with E-state index in [1.165, 1.54) is 12.2 Å². The van der Waals surface area contributed by atoms with Crippen LogP contribution in [0.15, 0.2) is 35.4 Å². The van der Waals surface area contributed by atoms with Crippen LogP contribution in [0.2, 0.25) is 0 Å². The van der Waals surface area contributed by atoms with Gasteiger partial charge in [-0.1, -0.05) is 24.3 Å². The highest BCUT2D eigenvalue weighted by atomic mass is 16.5. The minimum absolute atomic E-state index is 0.111. The molecule has 0 bridgehead atoms. The van der Waals surface area contributed by atoms with Crippen molar-refractivity contribution in [1.29, 1.82) is 10.5 Å². The van der Waals surface area contributed by atoms with Gasteiger partial charge in [-0.2, -0.15) is 10.5 Å². The van der Waals surface area contributed by atoms with Crippen LogP contribution in [0.25, 0.3) is 12.2 Å². The summed E-state index contributed by atoms with van der Waals surface area (Å²) in [5.41, 5.74) is 1.01. The normalized spacial score (nSPS) is 11.7. The number of hydrogen-bond acceptors (Lipinski definition) is 6. The third-order valence-corrected chi connectivity index (χ3v) is 2.92. The molecule has 6 heteroatoms. The van der Waals surface area contributed by atoms with Crippen LogP contribution in [0.3, 0.4) is 0 Å². The van der Waals surface area contributed by atoms with Crippen LogP contribution in [-0.4, -0.2) is 24.1 Å². The van der Waals surface area contributed by atoms with Crippen LogP contribution in [0.5, 0.6) is 0 Å². The number of nitriles is 2. The fraction of sp³-hybridized carbons (Fsp3) is 0.300. The number of carbonyl (C=O) groups is 2. The van der Waals surface area contributed by atoms with Gasteiger partial charge in [0, 0.05) is 0 Å². The van der Waals surface area contributed by atoms with Crippen molar-refractivity contribution in [3.8, 4) is 12.1 Å². The molecule has 0 heterocycles. The van der Waals surface area contributed by atoms with Crippen molar-refractivity contribution in [3.05, 3.63) is 46.5 Å². The van der Waals surface area contributed by atoms with Crippen molar-refractivity contribution in [2.45, 2.75) is 39.9 Å². The molecule has 0 amide bonds. The summed E-state index contributed by atoms with van der Waals surface area (Å²) in [5, 5.41) is 18.2. The van der Waals surface area contributed by atoms with Crippen molar-refractivity contribution in [1.82, 2.24) is 0 Å². The largest absolute Gasteiger partial charge is 0.459 e. The number of hydrogen-bond donors (Lipinski definition) is 0. The second kappa shape index (κ2) is 9.80. The van der Waals surface area contributed by atoms with Gasteiger partial charge in [-0.15, -0.1) is 0 Å². The van der Waals surface area contributed by atoms with E-state index in [2.05, 4.69) is 0 Å². The molecule has 0 aliphatic heterocycles. The fourth-order valence-electron chi connectivity index (χ4n) is 1.85. The Balaban J connectivity index is 3.01. The van der Waals surface area contributed by atoms with Crippen LogP contribution in [-0.2, 0) is 19.1 Å². The molecule has 1 aromatic carbocycles. The number of esters is 2. The molecule has 0 atom stereocenters. The lowest BCUT2D eigenvalue weighted by Crippen LogP contribution is -2.12. The maximum absolute atomic E-state index is 11.8. The van der Waals surface area contributed by atoms with E-state index in [-0.39, 0.29) is 23.4 Å². The standard InChI is InChI=1S/C20H20N2O4/c1-13(2)25-19(23)17(11-21)9-15-5-7-16(8-6-15)10-18(12-22)20(24)26-14(3)4/h5-10,13-14H,1-4H3/b17-9+,18-10+.